The van der Waals surface area contributed by atoms with E-state index in [2.05, 4.69) is 10.2 Å². The number of benzene rings is 1. The van der Waals surface area contributed by atoms with Crippen LogP contribution < -0.4 is 5.32 Å². The number of guanidine groups is 1. The molecule has 10 nitrogen and oxygen atoms in total. The maximum Gasteiger partial charge on any atom is 0.325 e. The van der Waals surface area contributed by atoms with Crippen LogP contribution in [0.5, 0.6) is 0 Å². The quantitative estimate of drug-likeness (QED) is 0.656. The van der Waals surface area contributed by atoms with Crippen molar-refractivity contribution in [2.45, 2.75) is 18.8 Å². The first-order valence-corrected chi connectivity index (χ1v) is 10.5. The van der Waals surface area contributed by atoms with Gasteiger partial charge in [-0.05, 0) is 17.7 Å². The van der Waals surface area contributed by atoms with Gasteiger partial charge in [-0.1, -0.05) is 23.7 Å². The number of hydrogen-bond acceptors (Lipinski definition) is 8. The van der Waals surface area contributed by atoms with Crippen LogP contribution in [0.2, 0.25) is 5.02 Å². The zero-order valence-corrected chi connectivity index (χ0v) is 18.2. The molecule has 4 rings (SSSR count). The topological polar surface area (TPSA) is 97.8 Å². The summed E-state index contributed by atoms with van der Waals surface area (Å²) in [4.78, 5) is 48.8. The summed E-state index contributed by atoms with van der Waals surface area (Å²) in [7, 11) is 3.02. The highest BCUT2D eigenvalue weighted by molar-refractivity contribution is 6.30. The molecule has 166 valence electrons. The summed E-state index contributed by atoms with van der Waals surface area (Å²) in [6.45, 7) is 3.32. The normalized spacial score (nSPS) is 24.1. The molecule has 1 aromatic rings. The molecule has 0 bridgehead atoms. The molecule has 0 aliphatic carbocycles. The Kier molecular flexibility index (Phi) is 6.01. The molecule has 0 spiro atoms. The van der Waals surface area contributed by atoms with Gasteiger partial charge >= 0.3 is 12.0 Å². The zero-order chi connectivity index (χ0) is 22.1. The first-order valence-electron chi connectivity index (χ1n) is 10.1. The molecule has 2 atom stereocenters. The van der Waals surface area contributed by atoms with E-state index >= 15 is 0 Å². The van der Waals surface area contributed by atoms with Crippen molar-refractivity contribution < 1.29 is 19.1 Å². The molecule has 2 saturated heterocycles. The number of rotatable bonds is 4. The van der Waals surface area contributed by atoms with Crippen LogP contribution in [0.4, 0.5) is 4.79 Å². The van der Waals surface area contributed by atoms with E-state index in [1.165, 1.54) is 12.0 Å². The summed E-state index contributed by atoms with van der Waals surface area (Å²) in [6, 6.07) is 6.38. The summed E-state index contributed by atoms with van der Waals surface area (Å²) in [6.07, 6.45) is -0.586. The van der Waals surface area contributed by atoms with Crippen LogP contribution in [0.15, 0.2) is 29.3 Å². The number of piperazine rings is 1. The number of nitrogens with zero attached hydrogens (tertiary/aromatic N) is 5. The molecule has 31 heavy (non-hydrogen) atoms. The first kappa shape index (κ1) is 21.4. The number of methoxy groups -OCH3 is 1. The second-order valence-corrected chi connectivity index (χ2v) is 8.22. The zero-order valence-electron chi connectivity index (χ0n) is 17.5. The monoisotopic (exact) mass is 448 g/mol. The maximum atomic E-state index is 12.7. The van der Waals surface area contributed by atoms with Crippen LogP contribution >= 0.6 is 11.6 Å². The summed E-state index contributed by atoms with van der Waals surface area (Å²) >= 11 is 6.02. The van der Waals surface area contributed by atoms with E-state index in [0.29, 0.717) is 43.7 Å². The van der Waals surface area contributed by atoms with Gasteiger partial charge in [0.2, 0.25) is 0 Å². The lowest BCUT2D eigenvalue weighted by Crippen LogP contribution is -2.64. The number of ether oxygens (including phenoxy) is 1. The third kappa shape index (κ3) is 4.31. The van der Waals surface area contributed by atoms with Gasteiger partial charge in [0.15, 0.2) is 18.2 Å². The van der Waals surface area contributed by atoms with Crippen molar-refractivity contribution in [1.29, 1.82) is 0 Å². The molecular formula is C20H25ClN6O4. The average molecular weight is 449 g/mol. The van der Waals surface area contributed by atoms with Gasteiger partial charge in [-0.3, -0.25) is 19.8 Å². The number of imide groups is 1. The molecule has 3 heterocycles. The third-order valence-electron chi connectivity index (χ3n) is 5.84. The van der Waals surface area contributed by atoms with Crippen molar-refractivity contribution in [2.24, 2.45) is 4.99 Å². The fraction of sp³-hybridized carbons (Fsp3) is 0.500. The van der Waals surface area contributed by atoms with Gasteiger partial charge in [-0.2, -0.15) is 0 Å². The van der Waals surface area contributed by atoms with E-state index in [1.54, 1.807) is 7.05 Å². The van der Waals surface area contributed by atoms with Crippen LogP contribution in [0, 0.1) is 0 Å². The van der Waals surface area contributed by atoms with Crippen molar-refractivity contribution in [3.63, 3.8) is 0 Å². The van der Waals surface area contributed by atoms with Crippen molar-refractivity contribution in [1.82, 2.24) is 24.9 Å². The fourth-order valence-corrected chi connectivity index (χ4v) is 4.21. The standard InChI is InChI=1S/C20H25ClN6O4/c1-24-17-16(18(29)23-20(24)30)27(11-13-3-5-14(21)6-4-13)19(22-17)26-9-7-25(8-10-26)12-15(28)31-2/h3-6,16-17H,7-12H2,1-2H3,(H,23,29,30). The number of amides is 3. The molecule has 0 aromatic heterocycles. The number of carbonyl (C=O) groups excluding carboxylic acids is 3. The van der Waals surface area contributed by atoms with Gasteiger partial charge in [0.05, 0.1) is 13.7 Å². The van der Waals surface area contributed by atoms with E-state index in [-0.39, 0.29) is 18.4 Å². The lowest BCUT2D eigenvalue weighted by molar-refractivity contribution is -0.142. The second kappa shape index (κ2) is 8.72. The molecular weight excluding hydrogens is 424 g/mol. The molecule has 2 unspecified atom stereocenters. The third-order valence-corrected chi connectivity index (χ3v) is 6.09. The number of hydrogen-bond donors (Lipinski definition) is 1. The lowest BCUT2D eigenvalue weighted by Gasteiger charge is -2.40. The van der Waals surface area contributed by atoms with Crippen LogP contribution in [0.3, 0.4) is 0 Å². The highest BCUT2D eigenvalue weighted by Crippen LogP contribution is 2.28. The van der Waals surface area contributed by atoms with Gasteiger partial charge in [0.1, 0.15) is 0 Å². The molecule has 1 N–H and O–H groups in total. The first-order chi connectivity index (χ1) is 14.9. The van der Waals surface area contributed by atoms with E-state index < -0.39 is 18.2 Å². The largest absolute Gasteiger partial charge is 0.468 e. The molecule has 1 aromatic carbocycles. The Balaban J connectivity index is 1.56. The van der Waals surface area contributed by atoms with Gasteiger partial charge in [-0.15, -0.1) is 0 Å². The van der Waals surface area contributed by atoms with Crippen LogP contribution in [-0.2, 0) is 20.9 Å². The van der Waals surface area contributed by atoms with E-state index in [0.717, 1.165) is 5.56 Å². The van der Waals surface area contributed by atoms with Crippen LogP contribution in [-0.4, -0.2) is 103 Å². The number of nitrogens with one attached hydrogen (secondary N) is 1. The van der Waals surface area contributed by atoms with Crippen molar-refractivity contribution in [3.8, 4) is 0 Å². The molecule has 3 aliphatic rings. The highest BCUT2D eigenvalue weighted by Gasteiger charge is 2.49. The Morgan fingerprint density at radius 2 is 1.87 bits per heavy atom. The molecule has 2 fully saturated rings. The predicted octanol–water partition coefficient (Wildman–Crippen LogP) is 0.179. The van der Waals surface area contributed by atoms with Crippen LogP contribution in [0.25, 0.3) is 0 Å². The van der Waals surface area contributed by atoms with E-state index in [1.807, 2.05) is 34.1 Å². The number of likely N-dealkylation sites (N-methyl/N-ethyl adjacent to an activating group) is 1. The summed E-state index contributed by atoms with van der Waals surface area (Å²) in [5.74, 6) is 0.0587. The highest BCUT2D eigenvalue weighted by atomic mass is 35.5. The van der Waals surface area contributed by atoms with Gasteiger partial charge in [0.25, 0.3) is 5.91 Å². The Morgan fingerprint density at radius 3 is 2.52 bits per heavy atom. The summed E-state index contributed by atoms with van der Waals surface area (Å²) in [5.41, 5.74) is 0.981. The maximum absolute atomic E-state index is 12.7. The minimum atomic E-state index is -0.610. The number of carbonyl (C=O) groups is 3. The lowest BCUT2D eigenvalue weighted by atomic mass is 10.1. The van der Waals surface area contributed by atoms with Crippen LogP contribution in [0.1, 0.15) is 5.56 Å². The minimum absolute atomic E-state index is 0.246. The minimum Gasteiger partial charge on any atom is -0.468 e. The number of fused-ring (bicyclic) bond motifs is 1. The summed E-state index contributed by atoms with van der Waals surface area (Å²) < 4.78 is 4.75. The Labute approximate surface area is 185 Å². The van der Waals surface area contributed by atoms with Crippen molar-refractivity contribution in [3.05, 3.63) is 34.9 Å². The van der Waals surface area contributed by atoms with E-state index in [9.17, 15) is 14.4 Å². The number of halogens is 1. The van der Waals surface area contributed by atoms with E-state index in [4.69, 9.17) is 21.3 Å². The number of esters is 1. The molecule has 0 saturated carbocycles. The Morgan fingerprint density at radius 1 is 1.19 bits per heavy atom. The average Bonchev–Trinajstić information content (AvgIpc) is 3.14. The van der Waals surface area contributed by atoms with Gasteiger partial charge in [0, 0.05) is 44.8 Å². The fourth-order valence-electron chi connectivity index (χ4n) is 4.08. The van der Waals surface area contributed by atoms with Gasteiger partial charge < -0.3 is 19.4 Å². The summed E-state index contributed by atoms with van der Waals surface area (Å²) in [5, 5.41) is 3.06. The smallest absolute Gasteiger partial charge is 0.325 e. The SMILES string of the molecule is COC(=O)CN1CCN(C2=NC3C(C(=O)NC(=O)N3C)N2Cc2ccc(Cl)cc2)CC1. The second-order valence-electron chi connectivity index (χ2n) is 7.79. The van der Waals surface area contributed by atoms with Gasteiger partial charge in [-0.25, -0.2) is 9.79 Å². The molecule has 0 radical (unpaired) electrons. The molecule has 11 heteroatoms. The molecule has 3 amide bonds. The van der Waals surface area contributed by atoms with Crippen molar-refractivity contribution >= 4 is 35.5 Å². The number of urea groups is 1. The Bertz CT molecular complexity index is 899. The number of aliphatic imine (C=N–C) groups is 1. The van der Waals surface area contributed by atoms with Crippen molar-refractivity contribution in [2.75, 3.05) is 46.9 Å². The predicted molar refractivity (Wildman–Crippen MR) is 113 cm³/mol. The molecule has 3 aliphatic heterocycles. The Hall–Kier alpha value is -2.85.